The van der Waals surface area contributed by atoms with Crippen molar-refractivity contribution in [1.82, 2.24) is 0 Å². The summed E-state index contributed by atoms with van der Waals surface area (Å²) < 4.78 is 0. The number of carbonyl (C=O) groups is 1. The summed E-state index contributed by atoms with van der Waals surface area (Å²) in [5.74, 6) is -0.745. The molecule has 1 aromatic carbocycles. The largest absolute Gasteiger partial charge is 0.481 e. The second-order valence-corrected chi connectivity index (χ2v) is 2.66. The minimum Gasteiger partial charge on any atom is -0.481 e. The van der Waals surface area contributed by atoms with Crippen molar-refractivity contribution in [1.29, 1.82) is 0 Å². The van der Waals surface area contributed by atoms with E-state index in [1.54, 1.807) is 6.92 Å². The molecule has 72 valence electrons. The molecule has 3 nitrogen and oxygen atoms in total. The van der Waals surface area contributed by atoms with Gasteiger partial charge in [-0.1, -0.05) is 24.6 Å². The molecule has 0 saturated heterocycles. The second-order valence-electron chi connectivity index (χ2n) is 2.66. The third-order valence-electron chi connectivity index (χ3n) is 1.38. The number of rotatable bonds is 1. The Bertz CT molecular complexity index is 233. The maximum Gasteiger partial charge on any atom is 0.303 e. The molecular weight excluding hydrogens is 166 g/mol. The Labute approximate surface area is 78.2 Å². The van der Waals surface area contributed by atoms with Crippen molar-refractivity contribution < 1.29 is 9.90 Å². The molecule has 0 amide bonds. The average Bonchev–Trinajstić information content (AvgIpc) is 2.11. The second kappa shape index (κ2) is 6.06. The standard InChI is InChI=1S/C7H9N.C3H6O2/c1-6-2-4-7(8)5-3-6;1-2-3(4)5/h2-5H,8H2,1H3;2H2,1H3,(H,4,5). The van der Waals surface area contributed by atoms with Crippen LogP contribution in [-0.4, -0.2) is 11.1 Å². The average molecular weight is 181 g/mol. The lowest BCUT2D eigenvalue weighted by atomic mass is 10.2. The summed E-state index contributed by atoms with van der Waals surface area (Å²) in [6.07, 6.45) is 0.222. The minimum atomic E-state index is -0.745. The molecule has 0 aromatic heterocycles. The van der Waals surface area contributed by atoms with E-state index in [4.69, 9.17) is 10.8 Å². The number of carboxylic acid groups (broad SMARTS) is 1. The first-order chi connectivity index (χ1) is 6.06. The lowest BCUT2D eigenvalue weighted by Gasteiger charge is -1.90. The van der Waals surface area contributed by atoms with Gasteiger partial charge in [-0.2, -0.15) is 0 Å². The Kier molecular flexibility index (Phi) is 5.35. The van der Waals surface area contributed by atoms with E-state index in [0.29, 0.717) is 0 Å². The van der Waals surface area contributed by atoms with E-state index in [9.17, 15) is 4.79 Å². The molecule has 0 atom stereocenters. The van der Waals surface area contributed by atoms with Gasteiger partial charge in [0.2, 0.25) is 0 Å². The summed E-state index contributed by atoms with van der Waals surface area (Å²) in [5.41, 5.74) is 7.51. The number of aryl methyl sites for hydroxylation is 1. The zero-order valence-electron chi connectivity index (χ0n) is 7.95. The number of hydrogen-bond acceptors (Lipinski definition) is 2. The van der Waals surface area contributed by atoms with Gasteiger partial charge in [-0.25, -0.2) is 0 Å². The van der Waals surface area contributed by atoms with E-state index in [2.05, 4.69) is 0 Å². The highest BCUT2D eigenvalue weighted by atomic mass is 16.4. The van der Waals surface area contributed by atoms with Crippen LogP contribution in [0, 0.1) is 6.92 Å². The predicted molar refractivity (Wildman–Crippen MR) is 53.5 cm³/mol. The molecule has 1 aromatic rings. The summed E-state index contributed by atoms with van der Waals surface area (Å²) in [6.45, 7) is 3.64. The van der Waals surface area contributed by atoms with Crippen LogP contribution in [0.25, 0.3) is 0 Å². The molecule has 0 radical (unpaired) electrons. The summed E-state index contributed by atoms with van der Waals surface area (Å²) in [4.78, 5) is 9.37. The Morgan fingerprint density at radius 1 is 1.38 bits per heavy atom. The molecule has 3 N–H and O–H groups in total. The predicted octanol–water partition coefficient (Wildman–Crippen LogP) is 2.06. The van der Waals surface area contributed by atoms with E-state index >= 15 is 0 Å². The van der Waals surface area contributed by atoms with Gasteiger partial charge in [0, 0.05) is 12.1 Å². The van der Waals surface area contributed by atoms with Crippen LogP contribution in [0.2, 0.25) is 0 Å². The highest BCUT2D eigenvalue weighted by molar-refractivity contribution is 5.66. The molecule has 0 aliphatic heterocycles. The van der Waals surface area contributed by atoms with Gasteiger partial charge in [0.1, 0.15) is 0 Å². The molecule has 0 bridgehead atoms. The molecule has 3 heteroatoms. The van der Waals surface area contributed by atoms with Crippen molar-refractivity contribution in [3.8, 4) is 0 Å². The summed E-state index contributed by atoms with van der Waals surface area (Å²) in [6, 6.07) is 7.79. The molecule has 13 heavy (non-hydrogen) atoms. The van der Waals surface area contributed by atoms with Gasteiger partial charge >= 0.3 is 5.97 Å². The van der Waals surface area contributed by atoms with E-state index in [-0.39, 0.29) is 6.42 Å². The van der Waals surface area contributed by atoms with Crippen molar-refractivity contribution in [2.45, 2.75) is 20.3 Å². The van der Waals surface area contributed by atoms with E-state index in [1.807, 2.05) is 31.2 Å². The van der Waals surface area contributed by atoms with Crippen molar-refractivity contribution in [3.63, 3.8) is 0 Å². The van der Waals surface area contributed by atoms with Gasteiger partial charge in [-0.05, 0) is 19.1 Å². The zero-order chi connectivity index (χ0) is 10.3. The van der Waals surface area contributed by atoms with Gasteiger partial charge in [0.05, 0.1) is 0 Å². The van der Waals surface area contributed by atoms with E-state index < -0.39 is 5.97 Å². The Hall–Kier alpha value is -1.51. The summed E-state index contributed by atoms with van der Waals surface area (Å²) in [7, 11) is 0. The minimum absolute atomic E-state index is 0.222. The van der Waals surface area contributed by atoms with Crippen LogP contribution in [0.15, 0.2) is 24.3 Å². The Morgan fingerprint density at radius 3 is 2.00 bits per heavy atom. The molecule has 0 saturated carbocycles. The van der Waals surface area contributed by atoms with Crippen LogP contribution >= 0.6 is 0 Å². The number of aliphatic carboxylic acids is 1. The van der Waals surface area contributed by atoms with Gasteiger partial charge in [0.15, 0.2) is 0 Å². The van der Waals surface area contributed by atoms with Crippen LogP contribution in [0.3, 0.4) is 0 Å². The number of nitrogens with two attached hydrogens (primary N) is 1. The quantitative estimate of drug-likeness (QED) is 0.652. The van der Waals surface area contributed by atoms with Gasteiger partial charge in [-0.3, -0.25) is 4.79 Å². The number of benzene rings is 1. The van der Waals surface area contributed by atoms with Gasteiger partial charge < -0.3 is 10.8 Å². The summed E-state index contributed by atoms with van der Waals surface area (Å²) in [5, 5.41) is 7.72. The Balaban J connectivity index is 0.000000252. The zero-order valence-corrected chi connectivity index (χ0v) is 7.95. The highest BCUT2D eigenvalue weighted by Crippen LogP contribution is 2.02. The number of hydrogen-bond donors (Lipinski definition) is 2. The van der Waals surface area contributed by atoms with Crippen molar-refractivity contribution >= 4 is 11.7 Å². The molecule has 0 aliphatic rings. The normalized spacial score (nSPS) is 8.46. The van der Waals surface area contributed by atoms with Crippen LogP contribution in [0.5, 0.6) is 0 Å². The lowest BCUT2D eigenvalue weighted by Crippen LogP contribution is -1.86. The fourth-order valence-corrected chi connectivity index (χ4v) is 0.566. The molecule has 0 aliphatic carbocycles. The van der Waals surface area contributed by atoms with Crippen LogP contribution in [-0.2, 0) is 4.79 Å². The smallest absolute Gasteiger partial charge is 0.303 e. The molecule has 0 fully saturated rings. The topological polar surface area (TPSA) is 63.3 Å². The lowest BCUT2D eigenvalue weighted by molar-refractivity contribution is -0.136. The maximum absolute atomic E-state index is 9.37. The van der Waals surface area contributed by atoms with Crippen molar-refractivity contribution in [3.05, 3.63) is 29.8 Å². The number of carboxylic acids is 1. The third kappa shape index (κ3) is 6.87. The molecule has 0 spiro atoms. The molecule has 0 unspecified atom stereocenters. The monoisotopic (exact) mass is 181 g/mol. The fourth-order valence-electron chi connectivity index (χ4n) is 0.566. The van der Waals surface area contributed by atoms with E-state index in [0.717, 1.165) is 5.69 Å². The maximum atomic E-state index is 9.37. The van der Waals surface area contributed by atoms with Crippen LogP contribution in [0.4, 0.5) is 5.69 Å². The first kappa shape index (κ1) is 11.5. The van der Waals surface area contributed by atoms with Crippen molar-refractivity contribution in [2.75, 3.05) is 5.73 Å². The first-order valence-corrected chi connectivity index (χ1v) is 4.10. The number of anilines is 1. The van der Waals surface area contributed by atoms with Crippen LogP contribution in [0.1, 0.15) is 18.9 Å². The molecule has 1 rings (SSSR count). The van der Waals surface area contributed by atoms with Crippen molar-refractivity contribution in [2.24, 2.45) is 0 Å². The molecule has 0 heterocycles. The van der Waals surface area contributed by atoms with Gasteiger partial charge in [0.25, 0.3) is 0 Å². The summed E-state index contributed by atoms with van der Waals surface area (Å²) >= 11 is 0. The van der Waals surface area contributed by atoms with Crippen LogP contribution < -0.4 is 5.73 Å². The third-order valence-corrected chi connectivity index (χ3v) is 1.38. The first-order valence-electron chi connectivity index (χ1n) is 4.10. The number of nitrogen functional groups attached to an aromatic ring is 1. The van der Waals surface area contributed by atoms with Gasteiger partial charge in [-0.15, -0.1) is 0 Å². The highest BCUT2D eigenvalue weighted by Gasteiger charge is 1.81. The Morgan fingerprint density at radius 2 is 1.77 bits per heavy atom. The SMILES string of the molecule is CCC(=O)O.Cc1ccc(N)cc1. The fraction of sp³-hybridized carbons (Fsp3) is 0.300. The van der Waals surface area contributed by atoms with E-state index in [1.165, 1.54) is 5.56 Å². The molecular formula is C10H15NO2.